The van der Waals surface area contributed by atoms with Gasteiger partial charge in [-0.1, -0.05) is 42.1 Å². The third kappa shape index (κ3) is 5.46. The first-order chi connectivity index (χ1) is 16.8. The summed E-state index contributed by atoms with van der Waals surface area (Å²) in [6.45, 7) is 1.68. The Hall–Kier alpha value is -3.86. The van der Waals surface area contributed by atoms with Crippen molar-refractivity contribution in [2.45, 2.75) is 18.2 Å². The predicted octanol–water partition coefficient (Wildman–Crippen LogP) is 5.69. The molecule has 1 aromatic heterocycles. The van der Waals surface area contributed by atoms with Gasteiger partial charge in [-0.2, -0.15) is 0 Å². The lowest BCUT2D eigenvalue weighted by molar-refractivity contribution is -0.113. The van der Waals surface area contributed by atoms with E-state index in [1.54, 1.807) is 47.9 Å². The largest absolute Gasteiger partial charge is 0.480 e. The monoisotopic (exact) mass is 502 g/mol. The highest BCUT2D eigenvalue weighted by Crippen LogP contribution is 2.29. The van der Waals surface area contributed by atoms with Crippen LogP contribution in [-0.2, 0) is 4.79 Å². The van der Waals surface area contributed by atoms with Gasteiger partial charge in [0, 0.05) is 5.69 Å². The highest BCUT2D eigenvalue weighted by molar-refractivity contribution is 7.99. The maximum atomic E-state index is 14.1. The van der Waals surface area contributed by atoms with E-state index >= 15 is 0 Å². The number of nitrogens with one attached hydrogen (secondary N) is 1. The fourth-order valence-electron chi connectivity index (χ4n) is 3.18. The third-order valence-corrected chi connectivity index (χ3v) is 5.75. The number of hydrogen-bond donors (Lipinski definition) is 1. The van der Waals surface area contributed by atoms with Gasteiger partial charge in [-0.25, -0.2) is 17.6 Å². The molecule has 0 aliphatic rings. The summed E-state index contributed by atoms with van der Waals surface area (Å²) in [5.74, 6) is -5.54. The van der Waals surface area contributed by atoms with Gasteiger partial charge >= 0.3 is 0 Å². The number of ether oxygens (including phenoxy) is 1. The number of benzene rings is 3. The van der Waals surface area contributed by atoms with Crippen LogP contribution in [0.25, 0.3) is 5.69 Å². The molecule has 6 nitrogen and oxygen atoms in total. The zero-order valence-electron chi connectivity index (χ0n) is 18.2. The summed E-state index contributed by atoms with van der Waals surface area (Å²) in [5.41, 5.74) is 0.192. The van der Waals surface area contributed by atoms with Crippen LogP contribution in [0.4, 0.5) is 23.2 Å². The second-order valence-electron chi connectivity index (χ2n) is 7.26. The minimum atomic E-state index is -1.67. The van der Waals surface area contributed by atoms with E-state index in [0.717, 1.165) is 23.9 Å². The summed E-state index contributed by atoms with van der Waals surface area (Å²) in [5, 5.41) is 10.8. The molecule has 0 fully saturated rings. The van der Waals surface area contributed by atoms with Crippen LogP contribution >= 0.6 is 11.8 Å². The predicted molar refractivity (Wildman–Crippen MR) is 122 cm³/mol. The van der Waals surface area contributed by atoms with Crippen molar-refractivity contribution in [3.63, 3.8) is 0 Å². The lowest BCUT2D eigenvalue weighted by atomic mass is 10.3. The van der Waals surface area contributed by atoms with E-state index in [4.69, 9.17) is 4.74 Å². The van der Waals surface area contributed by atoms with Gasteiger partial charge in [-0.05, 0) is 43.3 Å². The van der Waals surface area contributed by atoms with Gasteiger partial charge in [0.05, 0.1) is 11.4 Å². The first kappa shape index (κ1) is 24.3. The molecule has 0 radical (unpaired) electrons. The van der Waals surface area contributed by atoms with Crippen molar-refractivity contribution in [1.29, 1.82) is 0 Å². The molecule has 0 saturated heterocycles. The van der Waals surface area contributed by atoms with Gasteiger partial charge in [0.1, 0.15) is 0 Å². The van der Waals surface area contributed by atoms with E-state index in [2.05, 4.69) is 15.5 Å². The number of thioether (sulfide) groups is 1. The smallest absolute Gasteiger partial charge is 0.234 e. The molecule has 1 amide bonds. The number of carbonyl (C=O) groups excluding carboxylic acids is 1. The van der Waals surface area contributed by atoms with E-state index in [-0.39, 0.29) is 11.5 Å². The maximum absolute atomic E-state index is 14.1. The summed E-state index contributed by atoms with van der Waals surface area (Å²) >= 11 is 0.988. The molecule has 11 heteroatoms. The SMILES string of the molecule is CC(Oc1ccccc1F)c1nnc(SCC(=O)Nc2ccc(F)c(F)c2F)n1-c1ccccc1. The van der Waals surface area contributed by atoms with Gasteiger partial charge < -0.3 is 10.1 Å². The van der Waals surface area contributed by atoms with Crippen molar-refractivity contribution in [3.8, 4) is 11.4 Å². The molecule has 1 unspecified atom stereocenters. The molecule has 1 heterocycles. The summed E-state index contributed by atoms with van der Waals surface area (Å²) in [6.07, 6.45) is -0.709. The first-order valence-electron chi connectivity index (χ1n) is 10.3. The lowest BCUT2D eigenvalue weighted by Gasteiger charge is -2.17. The Kier molecular flexibility index (Phi) is 7.35. The summed E-state index contributed by atoms with van der Waals surface area (Å²) in [6, 6.07) is 16.6. The molecule has 3 aromatic carbocycles. The second-order valence-corrected chi connectivity index (χ2v) is 8.20. The van der Waals surface area contributed by atoms with Crippen molar-refractivity contribution in [2.75, 3.05) is 11.1 Å². The number of anilines is 1. The third-order valence-electron chi connectivity index (χ3n) is 4.82. The Bertz CT molecular complexity index is 1350. The van der Waals surface area contributed by atoms with Crippen molar-refractivity contribution in [3.05, 3.63) is 95.8 Å². The Labute approximate surface area is 201 Å². The van der Waals surface area contributed by atoms with E-state index < -0.39 is 41.0 Å². The molecule has 0 aliphatic heterocycles. The summed E-state index contributed by atoms with van der Waals surface area (Å²) in [4.78, 5) is 12.4. The normalized spacial score (nSPS) is 11.8. The Morgan fingerprint density at radius 1 is 0.943 bits per heavy atom. The van der Waals surface area contributed by atoms with Crippen LogP contribution < -0.4 is 10.1 Å². The fraction of sp³-hybridized carbons (Fsp3) is 0.125. The summed E-state index contributed by atoms with van der Waals surface area (Å²) < 4.78 is 61.9. The molecule has 4 rings (SSSR count). The van der Waals surface area contributed by atoms with Crippen LogP contribution in [0.5, 0.6) is 5.75 Å². The molecule has 1 atom stereocenters. The average Bonchev–Trinajstić information content (AvgIpc) is 3.29. The van der Waals surface area contributed by atoms with E-state index in [0.29, 0.717) is 16.7 Å². The number of rotatable bonds is 8. The van der Waals surface area contributed by atoms with Crippen molar-refractivity contribution in [2.24, 2.45) is 0 Å². The molecular formula is C24H18F4N4O2S. The van der Waals surface area contributed by atoms with Gasteiger partial charge in [-0.3, -0.25) is 9.36 Å². The minimum Gasteiger partial charge on any atom is -0.480 e. The maximum Gasteiger partial charge on any atom is 0.234 e. The number of halogens is 4. The first-order valence-corrected chi connectivity index (χ1v) is 11.3. The standard InChI is InChI=1S/C24H18F4N4O2S/c1-14(34-19-10-6-5-9-16(19)25)23-30-31-24(32(23)15-7-3-2-4-8-15)35-13-20(33)29-18-12-11-17(26)21(27)22(18)28/h2-12,14H,13H2,1H3,(H,29,33). The number of nitrogens with zero attached hydrogens (tertiary/aromatic N) is 3. The summed E-state index contributed by atoms with van der Waals surface area (Å²) in [7, 11) is 0. The average molecular weight is 502 g/mol. The molecular weight excluding hydrogens is 484 g/mol. The quantitative estimate of drug-likeness (QED) is 0.190. The van der Waals surface area contributed by atoms with Crippen LogP contribution in [-0.4, -0.2) is 26.4 Å². The molecule has 180 valence electrons. The van der Waals surface area contributed by atoms with Crippen LogP contribution in [0.3, 0.4) is 0 Å². The molecule has 4 aromatic rings. The molecule has 0 spiro atoms. The van der Waals surface area contributed by atoms with Gasteiger partial charge in [0.15, 0.2) is 46.1 Å². The highest BCUT2D eigenvalue weighted by atomic mass is 32.2. The van der Waals surface area contributed by atoms with Gasteiger partial charge in [0.25, 0.3) is 0 Å². The van der Waals surface area contributed by atoms with Gasteiger partial charge in [-0.15, -0.1) is 10.2 Å². The number of aromatic nitrogens is 3. The second kappa shape index (κ2) is 10.6. The van der Waals surface area contributed by atoms with E-state index in [1.165, 1.54) is 12.1 Å². The number of amides is 1. The van der Waals surface area contributed by atoms with E-state index in [1.807, 2.05) is 6.07 Å². The number of hydrogen-bond acceptors (Lipinski definition) is 5. The highest BCUT2D eigenvalue weighted by Gasteiger charge is 2.23. The zero-order chi connectivity index (χ0) is 24.9. The number of para-hydroxylation sites is 2. The molecule has 0 saturated carbocycles. The number of carbonyl (C=O) groups is 1. The van der Waals surface area contributed by atoms with Crippen LogP contribution in [0.1, 0.15) is 18.9 Å². The van der Waals surface area contributed by atoms with Crippen LogP contribution in [0.15, 0.2) is 71.9 Å². The Morgan fingerprint density at radius 3 is 2.40 bits per heavy atom. The van der Waals surface area contributed by atoms with Crippen LogP contribution in [0, 0.1) is 23.3 Å². The van der Waals surface area contributed by atoms with Crippen molar-refractivity contribution >= 4 is 23.4 Å². The minimum absolute atomic E-state index is 0.0461. The molecule has 0 aliphatic carbocycles. The Balaban J connectivity index is 1.55. The van der Waals surface area contributed by atoms with E-state index in [9.17, 15) is 22.4 Å². The zero-order valence-corrected chi connectivity index (χ0v) is 19.0. The fourth-order valence-corrected chi connectivity index (χ4v) is 3.94. The molecule has 1 N–H and O–H groups in total. The van der Waals surface area contributed by atoms with Crippen LogP contribution in [0.2, 0.25) is 0 Å². The molecule has 0 bridgehead atoms. The Morgan fingerprint density at radius 2 is 1.66 bits per heavy atom. The molecule has 35 heavy (non-hydrogen) atoms. The topological polar surface area (TPSA) is 69.0 Å². The van der Waals surface area contributed by atoms with Crippen molar-refractivity contribution in [1.82, 2.24) is 14.8 Å². The lowest BCUT2D eigenvalue weighted by Crippen LogP contribution is -2.16. The van der Waals surface area contributed by atoms with Gasteiger partial charge in [0.2, 0.25) is 5.91 Å². The van der Waals surface area contributed by atoms with Crippen molar-refractivity contribution < 1.29 is 27.1 Å².